The molecule has 1 atom stereocenters. The molecule has 3 aromatic rings. The third kappa shape index (κ3) is 4.40. The van der Waals surface area contributed by atoms with Crippen LogP contribution in [0.2, 0.25) is 5.02 Å². The van der Waals surface area contributed by atoms with Crippen molar-refractivity contribution in [1.82, 2.24) is 5.32 Å². The highest BCUT2D eigenvalue weighted by Gasteiger charge is 2.36. The molecule has 0 saturated carbocycles. The van der Waals surface area contributed by atoms with Gasteiger partial charge < -0.3 is 16.4 Å². The van der Waals surface area contributed by atoms with Crippen molar-refractivity contribution >= 4 is 50.7 Å². The molecule has 4 N–H and O–H groups in total. The molecule has 1 aliphatic rings. The summed E-state index contributed by atoms with van der Waals surface area (Å²) in [5.74, 6) is -1.93. The number of halogens is 6. The molecular weight excluding hydrogens is 530 g/mol. The number of nitrogens with two attached hydrogens (primary N) is 1. The fourth-order valence-corrected chi connectivity index (χ4v) is 4.29. The maximum atomic E-state index is 13.9. The molecule has 170 valence electrons. The van der Waals surface area contributed by atoms with Crippen molar-refractivity contribution in [3.63, 3.8) is 0 Å². The molecule has 4 rings (SSSR count). The number of amides is 2. The number of carbonyl (C=O) groups excluding carboxylic acids is 2. The zero-order valence-corrected chi connectivity index (χ0v) is 18.7. The lowest BCUT2D eigenvalue weighted by atomic mass is 9.96. The quantitative estimate of drug-likeness (QED) is 0.283. The summed E-state index contributed by atoms with van der Waals surface area (Å²) >= 11 is 9.47. The van der Waals surface area contributed by atoms with Crippen molar-refractivity contribution in [3.8, 4) is 0 Å². The second-order valence-corrected chi connectivity index (χ2v) is 8.56. The van der Waals surface area contributed by atoms with Crippen LogP contribution in [0.4, 0.5) is 28.9 Å². The third-order valence-electron chi connectivity index (χ3n) is 5.09. The Hall–Kier alpha value is -3.11. The Morgan fingerprint density at radius 3 is 2.55 bits per heavy atom. The van der Waals surface area contributed by atoms with Crippen LogP contribution in [0.5, 0.6) is 0 Å². The number of anilines is 2. The van der Waals surface area contributed by atoms with Crippen molar-refractivity contribution in [3.05, 3.63) is 91.7 Å². The van der Waals surface area contributed by atoms with Gasteiger partial charge in [-0.15, -0.1) is 0 Å². The van der Waals surface area contributed by atoms with E-state index in [1.165, 1.54) is 18.2 Å². The molecule has 11 heteroatoms. The summed E-state index contributed by atoms with van der Waals surface area (Å²) in [5.41, 5.74) is 4.34. The van der Waals surface area contributed by atoms with E-state index in [1.807, 2.05) is 0 Å². The third-order valence-corrected chi connectivity index (χ3v) is 5.89. The van der Waals surface area contributed by atoms with E-state index in [4.69, 9.17) is 17.3 Å². The SMILES string of the molecule is Nc1ccc(C(=O)Nc2cc(Br)cc3c2C(c2cc(F)ccc2Cl)NC3=O)cc1C(F)(F)F. The average Bonchev–Trinajstić information content (AvgIpc) is 3.05. The number of fused-ring (bicyclic) bond motifs is 1. The normalized spacial score (nSPS) is 15.2. The molecule has 0 spiro atoms. The zero-order chi connectivity index (χ0) is 24.1. The number of rotatable bonds is 3. The van der Waals surface area contributed by atoms with Gasteiger partial charge in [-0.1, -0.05) is 27.5 Å². The first kappa shape index (κ1) is 23.1. The highest BCUT2D eigenvalue weighted by Crippen LogP contribution is 2.41. The van der Waals surface area contributed by atoms with Crippen molar-refractivity contribution in [2.24, 2.45) is 0 Å². The van der Waals surface area contributed by atoms with Gasteiger partial charge in [0.2, 0.25) is 0 Å². The minimum Gasteiger partial charge on any atom is -0.398 e. The highest BCUT2D eigenvalue weighted by atomic mass is 79.9. The van der Waals surface area contributed by atoms with Gasteiger partial charge in [0.15, 0.2) is 0 Å². The summed E-state index contributed by atoms with van der Waals surface area (Å²) in [6.07, 6.45) is -4.74. The maximum absolute atomic E-state index is 13.9. The minimum atomic E-state index is -4.74. The van der Waals surface area contributed by atoms with E-state index in [-0.39, 0.29) is 27.4 Å². The van der Waals surface area contributed by atoms with Crippen LogP contribution in [-0.4, -0.2) is 11.8 Å². The van der Waals surface area contributed by atoms with Crippen LogP contribution < -0.4 is 16.4 Å². The Morgan fingerprint density at radius 2 is 1.85 bits per heavy atom. The molecule has 33 heavy (non-hydrogen) atoms. The van der Waals surface area contributed by atoms with Crippen molar-refractivity contribution in [2.45, 2.75) is 12.2 Å². The van der Waals surface area contributed by atoms with Crippen LogP contribution in [-0.2, 0) is 6.18 Å². The smallest absolute Gasteiger partial charge is 0.398 e. The molecule has 1 heterocycles. The van der Waals surface area contributed by atoms with Gasteiger partial charge in [0, 0.05) is 43.1 Å². The van der Waals surface area contributed by atoms with Gasteiger partial charge in [-0.3, -0.25) is 9.59 Å². The zero-order valence-electron chi connectivity index (χ0n) is 16.4. The first-order valence-corrected chi connectivity index (χ1v) is 10.5. The number of carbonyl (C=O) groups is 2. The fraction of sp³-hybridized carbons (Fsp3) is 0.0909. The van der Waals surface area contributed by atoms with Gasteiger partial charge >= 0.3 is 6.18 Å². The van der Waals surface area contributed by atoms with E-state index < -0.39 is 41.1 Å². The predicted octanol–water partition coefficient (Wildman–Crippen LogP) is 5.93. The first-order chi connectivity index (χ1) is 15.5. The second kappa shape index (κ2) is 8.35. The van der Waals surface area contributed by atoms with E-state index in [0.29, 0.717) is 16.1 Å². The molecule has 0 radical (unpaired) electrons. The van der Waals surface area contributed by atoms with Crippen molar-refractivity contribution in [1.29, 1.82) is 0 Å². The highest BCUT2D eigenvalue weighted by molar-refractivity contribution is 9.10. The van der Waals surface area contributed by atoms with E-state index >= 15 is 0 Å². The number of hydrogen-bond acceptors (Lipinski definition) is 3. The number of benzene rings is 3. The van der Waals surface area contributed by atoms with Gasteiger partial charge in [-0.2, -0.15) is 13.2 Å². The monoisotopic (exact) mass is 541 g/mol. The van der Waals surface area contributed by atoms with Gasteiger partial charge in [0.05, 0.1) is 11.6 Å². The molecule has 2 amide bonds. The van der Waals surface area contributed by atoms with E-state index in [0.717, 1.165) is 24.3 Å². The van der Waals surface area contributed by atoms with E-state index in [2.05, 4.69) is 26.6 Å². The largest absolute Gasteiger partial charge is 0.418 e. The minimum absolute atomic E-state index is 0.137. The molecule has 5 nitrogen and oxygen atoms in total. The lowest BCUT2D eigenvalue weighted by Gasteiger charge is -2.18. The number of hydrogen-bond donors (Lipinski definition) is 3. The summed E-state index contributed by atoms with van der Waals surface area (Å²) in [5, 5.41) is 5.42. The molecule has 3 aromatic carbocycles. The predicted molar refractivity (Wildman–Crippen MR) is 119 cm³/mol. The molecule has 0 saturated heterocycles. The van der Waals surface area contributed by atoms with Gasteiger partial charge in [0.25, 0.3) is 11.8 Å². The lowest BCUT2D eigenvalue weighted by Crippen LogP contribution is -2.21. The maximum Gasteiger partial charge on any atom is 0.418 e. The van der Waals surface area contributed by atoms with E-state index in [9.17, 15) is 27.2 Å². The Labute approximate surface area is 198 Å². The number of nitrogens with one attached hydrogen (secondary N) is 2. The summed E-state index contributed by atoms with van der Waals surface area (Å²) in [4.78, 5) is 25.4. The molecular formula is C22H13BrClF4N3O2. The Bertz CT molecular complexity index is 1310. The molecule has 1 aliphatic heterocycles. The average molecular weight is 543 g/mol. The number of alkyl halides is 3. The van der Waals surface area contributed by atoms with Crippen LogP contribution in [0.25, 0.3) is 0 Å². The van der Waals surface area contributed by atoms with Gasteiger partial charge in [-0.05, 0) is 48.5 Å². The Kier molecular flexibility index (Phi) is 5.83. The molecule has 0 aromatic heterocycles. The molecule has 0 aliphatic carbocycles. The molecule has 0 fully saturated rings. The fourth-order valence-electron chi connectivity index (χ4n) is 3.61. The first-order valence-electron chi connectivity index (χ1n) is 9.33. The molecule has 1 unspecified atom stereocenters. The van der Waals surface area contributed by atoms with Gasteiger partial charge in [0.1, 0.15) is 5.82 Å². The Morgan fingerprint density at radius 1 is 1.12 bits per heavy atom. The number of nitrogen functional groups attached to an aromatic ring is 1. The van der Waals surface area contributed by atoms with Crippen LogP contribution in [0.15, 0.2) is 53.0 Å². The van der Waals surface area contributed by atoms with Crippen LogP contribution >= 0.6 is 27.5 Å². The lowest BCUT2D eigenvalue weighted by molar-refractivity contribution is -0.136. The second-order valence-electron chi connectivity index (χ2n) is 7.24. The summed E-state index contributed by atoms with van der Waals surface area (Å²) in [7, 11) is 0. The van der Waals surface area contributed by atoms with Crippen molar-refractivity contribution in [2.75, 3.05) is 11.1 Å². The summed E-state index contributed by atoms with van der Waals surface area (Å²) in [6, 6.07) is 8.55. The standard InChI is InChI=1S/C22H13BrClF4N3O2/c23-10-6-13-18(19(31-21(13)33)12-8-11(25)2-3-15(12)24)17(7-10)30-20(32)9-1-4-16(29)14(5-9)22(26,27)28/h1-8,19H,29H2,(H,30,32)(H,31,33). The van der Waals surface area contributed by atoms with Gasteiger partial charge in [-0.25, -0.2) is 4.39 Å². The summed E-state index contributed by atoms with van der Waals surface area (Å²) < 4.78 is 53.9. The van der Waals surface area contributed by atoms with E-state index in [1.54, 1.807) is 0 Å². The van der Waals surface area contributed by atoms with Crippen LogP contribution in [0, 0.1) is 5.82 Å². The molecule has 0 bridgehead atoms. The Balaban J connectivity index is 1.78. The van der Waals surface area contributed by atoms with Crippen LogP contribution in [0.1, 0.15) is 43.4 Å². The summed E-state index contributed by atoms with van der Waals surface area (Å²) in [6.45, 7) is 0. The van der Waals surface area contributed by atoms with Crippen LogP contribution in [0.3, 0.4) is 0 Å². The van der Waals surface area contributed by atoms with Crippen molar-refractivity contribution < 1.29 is 27.2 Å². The topological polar surface area (TPSA) is 84.2 Å².